The highest BCUT2D eigenvalue weighted by molar-refractivity contribution is 5.40. The molecule has 0 aliphatic heterocycles. The fourth-order valence-corrected chi connectivity index (χ4v) is 3.90. The van der Waals surface area contributed by atoms with Crippen LogP contribution in [0, 0.1) is 10.8 Å². The van der Waals surface area contributed by atoms with E-state index in [9.17, 15) is 5.11 Å². The molecule has 0 saturated carbocycles. The quantitative estimate of drug-likeness (QED) is 0.498. The Balaban J connectivity index is 2.15. The molecule has 0 fully saturated rings. The van der Waals surface area contributed by atoms with Crippen molar-refractivity contribution in [2.24, 2.45) is 10.8 Å². The van der Waals surface area contributed by atoms with Crippen molar-refractivity contribution in [2.45, 2.75) is 79.8 Å². The molecule has 0 aromatic heterocycles. The lowest BCUT2D eigenvalue weighted by molar-refractivity contribution is 0.0822. The van der Waals surface area contributed by atoms with E-state index < -0.39 is 6.10 Å². The first-order valence-corrected chi connectivity index (χ1v) is 10.9. The second-order valence-corrected chi connectivity index (χ2v) is 10.8. The maximum Gasteiger partial charge on any atom is 0.0665 e. The zero-order chi connectivity index (χ0) is 21.9. The van der Waals surface area contributed by atoms with Crippen LogP contribution < -0.4 is 0 Å². The predicted octanol–water partition coefficient (Wildman–Crippen LogP) is 7.11. The van der Waals surface area contributed by atoms with E-state index in [0.29, 0.717) is 11.8 Å². The highest BCUT2D eigenvalue weighted by atomic mass is 16.3. The SMILES string of the molecule is CC=CC(C)(C)C(O)Cc1ccc(C(C)(C)c2ccc(CC(C)(C)C)cc2)cc1. The molecule has 0 spiro atoms. The maximum absolute atomic E-state index is 10.6. The second-order valence-electron chi connectivity index (χ2n) is 10.8. The zero-order valence-corrected chi connectivity index (χ0v) is 19.7. The molecule has 0 bridgehead atoms. The largest absolute Gasteiger partial charge is 0.392 e. The van der Waals surface area contributed by atoms with Gasteiger partial charge in [-0.15, -0.1) is 0 Å². The molecular weight excluding hydrogens is 352 g/mol. The third kappa shape index (κ3) is 6.31. The standard InChI is InChI=1S/C28H40O/c1-9-18-27(5,6)25(29)19-21-10-14-23(15-11-21)28(7,8)24-16-12-22(13-17-24)20-26(2,3)4/h9-18,25,29H,19-20H2,1-8H3. The van der Waals surface area contributed by atoms with Crippen LogP contribution in [-0.2, 0) is 18.3 Å². The van der Waals surface area contributed by atoms with Crippen molar-refractivity contribution in [3.05, 3.63) is 82.9 Å². The van der Waals surface area contributed by atoms with Gasteiger partial charge >= 0.3 is 0 Å². The summed E-state index contributed by atoms with van der Waals surface area (Å²) in [6.07, 6.45) is 5.46. The van der Waals surface area contributed by atoms with Gasteiger partial charge in [0, 0.05) is 10.8 Å². The van der Waals surface area contributed by atoms with Crippen LogP contribution in [-0.4, -0.2) is 11.2 Å². The average Bonchev–Trinajstić information content (AvgIpc) is 2.61. The van der Waals surface area contributed by atoms with Crippen molar-refractivity contribution in [1.82, 2.24) is 0 Å². The van der Waals surface area contributed by atoms with Gasteiger partial charge in [0.15, 0.2) is 0 Å². The highest BCUT2D eigenvalue weighted by Crippen LogP contribution is 2.33. The molecule has 1 heteroatoms. The monoisotopic (exact) mass is 392 g/mol. The topological polar surface area (TPSA) is 20.2 Å². The van der Waals surface area contributed by atoms with E-state index in [4.69, 9.17) is 0 Å². The molecule has 0 aliphatic carbocycles. The van der Waals surface area contributed by atoms with Crippen molar-refractivity contribution < 1.29 is 5.11 Å². The summed E-state index contributed by atoms with van der Waals surface area (Å²) in [6.45, 7) is 17.6. The van der Waals surface area contributed by atoms with Crippen molar-refractivity contribution in [1.29, 1.82) is 0 Å². The van der Waals surface area contributed by atoms with Crippen LogP contribution in [0.3, 0.4) is 0 Å². The molecule has 1 N–H and O–H groups in total. The molecule has 0 heterocycles. The number of aliphatic hydroxyl groups excluding tert-OH is 1. The number of rotatable bonds is 7. The third-order valence-corrected chi connectivity index (χ3v) is 5.97. The summed E-state index contributed by atoms with van der Waals surface area (Å²) in [4.78, 5) is 0. The summed E-state index contributed by atoms with van der Waals surface area (Å²) in [5.41, 5.74) is 5.23. The van der Waals surface area contributed by atoms with Gasteiger partial charge in [-0.05, 0) is 47.4 Å². The fourth-order valence-electron chi connectivity index (χ4n) is 3.90. The van der Waals surface area contributed by atoms with Crippen LogP contribution in [0.25, 0.3) is 0 Å². The summed E-state index contributed by atoms with van der Waals surface area (Å²) in [5, 5.41) is 10.6. The van der Waals surface area contributed by atoms with Crippen molar-refractivity contribution in [3.8, 4) is 0 Å². The number of allylic oxidation sites excluding steroid dienone is 1. The Morgan fingerprint density at radius 1 is 0.759 bits per heavy atom. The van der Waals surface area contributed by atoms with Crippen molar-refractivity contribution in [3.63, 3.8) is 0 Å². The van der Waals surface area contributed by atoms with E-state index in [0.717, 1.165) is 6.42 Å². The molecule has 158 valence electrons. The van der Waals surface area contributed by atoms with Crippen molar-refractivity contribution >= 4 is 0 Å². The first-order chi connectivity index (χ1) is 13.3. The maximum atomic E-state index is 10.6. The van der Waals surface area contributed by atoms with E-state index >= 15 is 0 Å². The van der Waals surface area contributed by atoms with Crippen LogP contribution in [0.2, 0.25) is 0 Å². The van der Waals surface area contributed by atoms with E-state index in [1.165, 1.54) is 22.3 Å². The van der Waals surface area contributed by atoms with Crippen LogP contribution in [0.4, 0.5) is 0 Å². The van der Waals surface area contributed by atoms with Gasteiger partial charge in [0.05, 0.1) is 6.10 Å². The second kappa shape index (κ2) is 8.88. The number of hydrogen-bond donors (Lipinski definition) is 1. The van der Waals surface area contributed by atoms with Gasteiger partial charge in [-0.25, -0.2) is 0 Å². The minimum Gasteiger partial charge on any atom is -0.392 e. The predicted molar refractivity (Wildman–Crippen MR) is 126 cm³/mol. The van der Waals surface area contributed by atoms with E-state index in [1.807, 2.05) is 13.0 Å². The van der Waals surface area contributed by atoms with E-state index in [-0.39, 0.29) is 10.8 Å². The van der Waals surface area contributed by atoms with Gasteiger partial charge < -0.3 is 5.11 Å². The third-order valence-electron chi connectivity index (χ3n) is 5.97. The van der Waals surface area contributed by atoms with Crippen LogP contribution in [0.15, 0.2) is 60.7 Å². The van der Waals surface area contributed by atoms with Gasteiger partial charge in [-0.1, -0.05) is 109 Å². The Morgan fingerprint density at radius 2 is 1.21 bits per heavy atom. The lowest BCUT2D eigenvalue weighted by Gasteiger charge is -2.29. The molecular formula is C28H40O. The molecule has 2 aromatic carbocycles. The van der Waals surface area contributed by atoms with Crippen LogP contribution in [0.1, 0.15) is 77.6 Å². The van der Waals surface area contributed by atoms with Gasteiger partial charge in [-0.3, -0.25) is 0 Å². The Bertz CT molecular complexity index is 799. The van der Waals surface area contributed by atoms with E-state index in [2.05, 4.69) is 103 Å². The van der Waals surface area contributed by atoms with Gasteiger partial charge in [-0.2, -0.15) is 0 Å². The summed E-state index contributed by atoms with van der Waals surface area (Å²) in [6, 6.07) is 17.9. The van der Waals surface area contributed by atoms with Gasteiger partial charge in [0.1, 0.15) is 0 Å². The van der Waals surface area contributed by atoms with Gasteiger partial charge in [0.25, 0.3) is 0 Å². The minimum atomic E-state index is -0.395. The number of aliphatic hydroxyl groups is 1. The first-order valence-electron chi connectivity index (χ1n) is 10.9. The molecule has 1 nitrogen and oxygen atoms in total. The number of hydrogen-bond acceptors (Lipinski definition) is 1. The lowest BCUT2D eigenvalue weighted by Crippen LogP contribution is -2.29. The minimum absolute atomic E-state index is 0.0539. The first kappa shape index (κ1) is 23.4. The van der Waals surface area contributed by atoms with Crippen molar-refractivity contribution in [2.75, 3.05) is 0 Å². The normalized spacial score (nSPS) is 14.4. The Morgan fingerprint density at radius 3 is 1.62 bits per heavy atom. The molecule has 0 radical (unpaired) electrons. The summed E-state index contributed by atoms with van der Waals surface area (Å²) >= 11 is 0. The van der Waals surface area contributed by atoms with E-state index in [1.54, 1.807) is 0 Å². The Hall–Kier alpha value is -1.86. The Labute approximate surface area is 178 Å². The average molecular weight is 393 g/mol. The van der Waals surface area contributed by atoms with Crippen LogP contribution >= 0.6 is 0 Å². The zero-order valence-electron chi connectivity index (χ0n) is 19.7. The lowest BCUT2D eigenvalue weighted by atomic mass is 9.77. The fraction of sp³-hybridized carbons (Fsp3) is 0.500. The molecule has 0 amide bonds. The molecule has 1 unspecified atom stereocenters. The summed E-state index contributed by atoms with van der Waals surface area (Å²) in [5.74, 6) is 0. The van der Waals surface area contributed by atoms with Gasteiger partial charge in [0.2, 0.25) is 0 Å². The molecule has 0 saturated heterocycles. The molecule has 2 aromatic rings. The highest BCUT2D eigenvalue weighted by Gasteiger charge is 2.26. The Kier molecular flexibility index (Phi) is 7.17. The summed E-state index contributed by atoms with van der Waals surface area (Å²) in [7, 11) is 0. The number of benzene rings is 2. The molecule has 0 aliphatic rings. The molecule has 29 heavy (non-hydrogen) atoms. The molecule has 1 atom stereocenters. The molecule has 2 rings (SSSR count). The van der Waals surface area contributed by atoms with Crippen LogP contribution in [0.5, 0.6) is 0 Å². The smallest absolute Gasteiger partial charge is 0.0665 e. The summed E-state index contributed by atoms with van der Waals surface area (Å²) < 4.78 is 0.